The van der Waals surface area contributed by atoms with Gasteiger partial charge in [-0.1, -0.05) is 18.6 Å². The van der Waals surface area contributed by atoms with Gasteiger partial charge in [-0.15, -0.1) is 0 Å². The smallest absolute Gasteiger partial charge is 0.244 e. The number of nitrogens with two attached hydrogens (primary N) is 1. The van der Waals surface area contributed by atoms with E-state index in [1.807, 2.05) is 13.0 Å². The molecule has 0 aliphatic carbocycles. The summed E-state index contributed by atoms with van der Waals surface area (Å²) < 4.78 is 27.9. The average molecular weight is 347 g/mol. The maximum atomic E-state index is 12.8. The lowest BCUT2D eigenvalue weighted by Gasteiger charge is -2.39. The van der Waals surface area contributed by atoms with Crippen molar-refractivity contribution >= 4 is 26.0 Å². The standard InChI is InChI=1S/C13H19BrN2O2S/c1-10-5-4-6-11(9-15)16(10)19(17,18)13-8-3-2-7-12(13)14/h2-3,7-8,10-11H,4-6,9,15H2,1H3. The molecule has 6 heteroatoms. The van der Waals surface area contributed by atoms with E-state index in [2.05, 4.69) is 15.9 Å². The molecule has 2 rings (SSSR count). The Morgan fingerprint density at radius 1 is 1.37 bits per heavy atom. The monoisotopic (exact) mass is 346 g/mol. The van der Waals surface area contributed by atoms with Crippen molar-refractivity contribution in [1.29, 1.82) is 0 Å². The Bertz CT molecular complexity index is 547. The van der Waals surface area contributed by atoms with Gasteiger partial charge in [-0.3, -0.25) is 0 Å². The van der Waals surface area contributed by atoms with E-state index in [4.69, 9.17) is 5.73 Å². The molecule has 2 unspecified atom stereocenters. The van der Waals surface area contributed by atoms with Crippen LogP contribution in [0.4, 0.5) is 0 Å². The SMILES string of the molecule is CC1CCCC(CN)N1S(=O)(=O)c1ccccc1Br. The molecular formula is C13H19BrN2O2S. The van der Waals surface area contributed by atoms with Crippen molar-refractivity contribution in [2.45, 2.75) is 43.2 Å². The Kier molecular flexibility index (Phi) is 4.66. The highest BCUT2D eigenvalue weighted by Gasteiger charge is 2.37. The van der Waals surface area contributed by atoms with E-state index < -0.39 is 10.0 Å². The molecule has 106 valence electrons. The molecule has 0 spiro atoms. The van der Waals surface area contributed by atoms with Gasteiger partial charge in [0.05, 0.1) is 4.90 Å². The molecule has 19 heavy (non-hydrogen) atoms. The number of benzene rings is 1. The van der Waals surface area contributed by atoms with Crippen LogP contribution in [0, 0.1) is 0 Å². The number of halogens is 1. The topological polar surface area (TPSA) is 63.4 Å². The largest absolute Gasteiger partial charge is 0.329 e. The van der Waals surface area contributed by atoms with Crippen molar-refractivity contribution in [2.75, 3.05) is 6.54 Å². The van der Waals surface area contributed by atoms with E-state index in [0.29, 0.717) is 15.9 Å². The van der Waals surface area contributed by atoms with Crippen LogP contribution in [0.1, 0.15) is 26.2 Å². The fraction of sp³-hybridized carbons (Fsp3) is 0.538. The van der Waals surface area contributed by atoms with Gasteiger partial charge in [0.15, 0.2) is 0 Å². The molecule has 1 aromatic carbocycles. The molecule has 1 heterocycles. The lowest BCUT2D eigenvalue weighted by molar-refractivity contribution is 0.196. The summed E-state index contributed by atoms with van der Waals surface area (Å²) in [5.41, 5.74) is 5.75. The van der Waals surface area contributed by atoms with Crippen molar-refractivity contribution in [2.24, 2.45) is 5.73 Å². The third-order valence-corrected chi connectivity index (χ3v) is 6.70. The van der Waals surface area contributed by atoms with E-state index in [1.54, 1.807) is 22.5 Å². The fourth-order valence-corrected chi connectivity index (χ4v) is 5.54. The summed E-state index contributed by atoms with van der Waals surface area (Å²) in [6.45, 7) is 2.32. The molecule has 2 atom stereocenters. The zero-order valence-electron chi connectivity index (χ0n) is 10.9. The van der Waals surface area contributed by atoms with Gasteiger partial charge in [-0.25, -0.2) is 8.42 Å². The van der Waals surface area contributed by atoms with E-state index >= 15 is 0 Å². The lowest BCUT2D eigenvalue weighted by Crippen LogP contribution is -2.51. The number of nitrogens with zero attached hydrogens (tertiary/aromatic N) is 1. The number of hydrogen-bond donors (Lipinski definition) is 1. The van der Waals surface area contributed by atoms with Gasteiger partial charge in [-0.2, -0.15) is 4.31 Å². The van der Waals surface area contributed by atoms with Crippen molar-refractivity contribution in [3.63, 3.8) is 0 Å². The first kappa shape index (κ1) is 15.0. The van der Waals surface area contributed by atoms with E-state index in [9.17, 15) is 8.42 Å². The quantitative estimate of drug-likeness (QED) is 0.913. The first-order valence-corrected chi connectivity index (χ1v) is 8.70. The van der Waals surface area contributed by atoms with Crippen molar-refractivity contribution < 1.29 is 8.42 Å². The predicted octanol–water partition coefficient (Wildman–Crippen LogP) is 2.34. The van der Waals surface area contributed by atoms with Crippen LogP contribution in [0.2, 0.25) is 0 Å². The highest BCUT2D eigenvalue weighted by molar-refractivity contribution is 9.10. The molecule has 0 bridgehead atoms. The summed E-state index contributed by atoms with van der Waals surface area (Å²) in [4.78, 5) is 0.321. The minimum atomic E-state index is -3.50. The highest BCUT2D eigenvalue weighted by Crippen LogP contribution is 2.32. The van der Waals surface area contributed by atoms with Gasteiger partial charge < -0.3 is 5.73 Å². The summed E-state index contributed by atoms with van der Waals surface area (Å²) in [6, 6.07) is 6.83. The second kappa shape index (κ2) is 5.91. The van der Waals surface area contributed by atoms with E-state index in [-0.39, 0.29) is 12.1 Å². The maximum absolute atomic E-state index is 12.8. The Hall–Kier alpha value is -0.430. The van der Waals surface area contributed by atoms with Gasteiger partial charge in [-0.05, 0) is 47.8 Å². The molecule has 1 aliphatic heterocycles. The van der Waals surface area contributed by atoms with Gasteiger partial charge in [0.2, 0.25) is 10.0 Å². The van der Waals surface area contributed by atoms with Crippen molar-refractivity contribution in [1.82, 2.24) is 4.31 Å². The molecule has 0 aromatic heterocycles. The fourth-order valence-electron chi connectivity index (χ4n) is 2.69. The Morgan fingerprint density at radius 2 is 2.05 bits per heavy atom. The second-order valence-electron chi connectivity index (χ2n) is 4.93. The van der Waals surface area contributed by atoms with Gasteiger partial charge in [0.25, 0.3) is 0 Å². The highest BCUT2D eigenvalue weighted by atomic mass is 79.9. The van der Waals surface area contributed by atoms with Crippen LogP contribution in [0.15, 0.2) is 33.6 Å². The number of hydrogen-bond acceptors (Lipinski definition) is 3. The van der Waals surface area contributed by atoms with Gasteiger partial charge in [0, 0.05) is 23.1 Å². The molecule has 0 saturated carbocycles. The zero-order valence-corrected chi connectivity index (χ0v) is 13.3. The number of sulfonamides is 1. The minimum absolute atomic E-state index is 0.000550. The molecule has 2 N–H and O–H groups in total. The summed E-state index contributed by atoms with van der Waals surface area (Å²) in [6.07, 6.45) is 2.76. The maximum Gasteiger partial charge on any atom is 0.244 e. The normalized spacial score (nSPS) is 25.4. The summed E-state index contributed by atoms with van der Waals surface area (Å²) in [5.74, 6) is 0. The Morgan fingerprint density at radius 3 is 2.68 bits per heavy atom. The zero-order chi connectivity index (χ0) is 14.0. The molecular weight excluding hydrogens is 328 g/mol. The van der Waals surface area contributed by atoms with Crippen LogP contribution in [0.25, 0.3) is 0 Å². The van der Waals surface area contributed by atoms with Gasteiger partial charge in [0.1, 0.15) is 0 Å². The molecule has 0 amide bonds. The van der Waals surface area contributed by atoms with Crippen LogP contribution < -0.4 is 5.73 Å². The molecule has 1 aromatic rings. The van der Waals surface area contributed by atoms with E-state index in [1.165, 1.54) is 0 Å². The third-order valence-electron chi connectivity index (χ3n) is 3.62. The molecule has 1 fully saturated rings. The Labute approximate surface area is 123 Å². The van der Waals surface area contributed by atoms with Crippen LogP contribution in [0.5, 0.6) is 0 Å². The van der Waals surface area contributed by atoms with Crippen LogP contribution >= 0.6 is 15.9 Å². The van der Waals surface area contributed by atoms with Gasteiger partial charge >= 0.3 is 0 Å². The van der Waals surface area contributed by atoms with Crippen molar-refractivity contribution in [3.8, 4) is 0 Å². The molecule has 4 nitrogen and oxygen atoms in total. The van der Waals surface area contributed by atoms with Crippen LogP contribution in [0.3, 0.4) is 0 Å². The number of piperidine rings is 1. The first-order chi connectivity index (χ1) is 8.98. The average Bonchev–Trinajstić information content (AvgIpc) is 2.38. The lowest BCUT2D eigenvalue weighted by atomic mass is 10.00. The predicted molar refractivity (Wildman–Crippen MR) is 79.3 cm³/mol. The summed E-state index contributed by atoms with van der Waals surface area (Å²) in [5, 5.41) is 0. The minimum Gasteiger partial charge on any atom is -0.329 e. The molecule has 1 aliphatic rings. The Balaban J connectivity index is 2.45. The van der Waals surface area contributed by atoms with Crippen LogP contribution in [-0.2, 0) is 10.0 Å². The molecule has 0 radical (unpaired) electrons. The third kappa shape index (κ3) is 2.86. The van der Waals surface area contributed by atoms with Crippen molar-refractivity contribution in [3.05, 3.63) is 28.7 Å². The molecule has 1 saturated heterocycles. The second-order valence-corrected chi connectivity index (χ2v) is 7.60. The van der Waals surface area contributed by atoms with Crippen LogP contribution in [-0.4, -0.2) is 31.4 Å². The van der Waals surface area contributed by atoms with E-state index in [0.717, 1.165) is 19.3 Å². The number of rotatable bonds is 3. The summed E-state index contributed by atoms with van der Waals surface area (Å²) in [7, 11) is -3.50. The first-order valence-electron chi connectivity index (χ1n) is 6.46. The summed E-state index contributed by atoms with van der Waals surface area (Å²) >= 11 is 3.32.